The van der Waals surface area contributed by atoms with Gasteiger partial charge in [-0.1, -0.05) is 15.9 Å². The minimum absolute atomic E-state index is 0.0644. The van der Waals surface area contributed by atoms with Crippen LogP contribution in [0, 0.1) is 0 Å². The fraction of sp³-hybridized carbons (Fsp3) is 0.625. The molecule has 7 heteroatoms. The summed E-state index contributed by atoms with van der Waals surface area (Å²) < 4.78 is 5.44. The van der Waals surface area contributed by atoms with Gasteiger partial charge in [0.15, 0.2) is 5.69 Å². The minimum atomic E-state index is -0.0991. The molecule has 0 bridgehead atoms. The molecule has 82 valence electrons. The van der Waals surface area contributed by atoms with E-state index >= 15 is 0 Å². The van der Waals surface area contributed by atoms with Crippen LogP contribution < -0.4 is 0 Å². The third-order valence-electron chi connectivity index (χ3n) is 2.23. The Balaban J connectivity index is 2.01. The first-order chi connectivity index (χ1) is 7.31. The Hall–Kier alpha value is -0.950. The number of ether oxygens (including phenoxy) is 1. The fourth-order valence-electron chi connectivity index (χ4n) is 1.46. The summed E-state index contributed by atoms with van der Waals surface area (Å²) in [7, 11) is 0. The van der Waals surface area contributed by atoms with Crippen molar-refractivity contribution in [1.29, 1.82) is 0 Å². The molecule has 1 aliphatic rings. The Kier molecular flexibility index (Phi) is 3.32. The molecule has 0 aromatic carbocycles. The van der Waals surface area contributed by atoms with Gasteiger partial charge < -0.3 is 9.64 Å². The SMILES string of the molecule is O=C(c1cn[nH]n1)N1CCOC(CBr)C1. The normalized spacial score (nSPS) is 21.7. The maximum atomic E-state index is 11.9. The fourth-order valence-corrected chi connectivity index (χ4v) is 1.86. The molecule has 1 unspecified atom stereocenters. The van der Waals surface area contributed by atoms with Crippen LogP contribution in [0.4, 0.5) is 0 Å². The van der Waals surface area contributed by atoms with Gasteiger partial charge in [0, 0.05) is 18.4 Å². The van der Waals surface area contributed by atoms with Gasteiger partial charge in [-0.3, -0.25) is 4.79 Å². The average molecular weight is 275 g/mol. The molecule has 2 heterocycles. The lowest BCUT2D eigenvalue weighted by molar-refractivity contribution is -0.00987. The van der Waals surface area contributed by atoms with Crippen molar-refractivity contribution < 1.29 is 9.53 Å². The number of nitrogens with zero attached hydrogens (tertiary/aromatic N) is 3. The van der Waals surface area contributed by atoms with E-state index in [-0.39, 0.29) is 12.0 Å². The number of halogens is 1. The number of hydrogen-bond donors (Lipinski definition) is 1. The van der Waals surface area contributed by atoms with E-state index in [9.17, 15) is 4.79 Å². The maximum Gasteiger partial charge on any atom is 0.276 e. The molecule has 0 aliphatic carbocycles. The van der Waals surface area contributed by atoms with Crippen molar-refractivity contribution in [1.82, 2.24) is 20.3 Å². The van der Waals surface area contributed by atoms with E-state index in [0.717, 1.165) is 5.33 Å². The second-order valence-corrected chi connectivity index (χ2v) is 3.90. The van der Waals surface area contributed by atoms with Crippen molar-refractivity contribution in [3.8, 4) is 0 Å². The number of rotatable bonds is 2. The predicted molar refractivity (Wildman–Crippen MR) is 55.8 cm³/mol. The average Bonchev–Trinajstić information content (AvgIpc) is 2.81. The van der Waals surface area contributed by atoms with Crippen molar-refractivity contribution in [2.75, 3.05) is 25.0 Å². The number of nitrogens with one attached hydrogen (secondary N) is 1. The zero-order valence-corrected chi connectivity index (χ0v) is 9.61. The summed E-state index contributed by atoms with van der Waals surface area (Å²) in [5, 5.41) is 10.5. The van der Waals surface area contributed by atoms with Gasteiger partial charge in [0.2, 0.25) is 0 Å². The first-order valence-electron chi connectivity index (χ1n) is 4.64. The molecule has 1 atom stereocenters. The first-order valence-corrected chi connectivity index (χ1v) is 5.76. The van der Waals surface area contributed by atoms with Crippen LogP contribution in [-0.4, -0.2) is 57.3 Å². The van der Waals surface area contributed by atoms with Gasteiger partial charge in [-0.15, -0.1) is 0 Å². The molecule has 1 saturated heterocycles. The molecule has 0 radical (unpaired) electrons. The molecular weight excluding hydrogens is 264 g/mol. The number of hydrogen-bond acceptors (Lipinski definition) is 4. The number of H-pyrrole nitrogens is 1. The summed E-state index contributed by atoms with van der Waals surface area (Å²) in [6, 6.07) is 0. The number of carbonyl (C=O) groups is 1. The lowest BCUT2D eigenvalue weighted by Gasteiger charge is -2.31. The number of aromatic nitrogens is 3. The Bertz CT molecular complexity index is 329. The van der Waals surface area contributed by atoms with Gasteiger partial charge in [-0.25, -0.2) is 0 Å². The van der Waals surface area contributed by atoms with Crippen molar-refractivity contribution in [2.45, 2.75) is 6.10 Å². The summed E-state index contributed by atoms with van der Waals surface area (Å²) in [6.45, 7) is 1.77. The van der Waals surface area contributed by atoms with Crippen LogP contribution in [-0.2, 0) is 4.74 Å². The predicted octanol–water partition coefficient (Wildman–Crippen LogP) is 0.0406. The van der Waals surface area contributed by atoms with E-state index in [4.69, 9.17) is 4.74 Å². The summed E-state index contributed by atoms with van der Waals surface area (Å²) >= 11 is 3.34. The number of amides is 1. The number of carbonyl (C=O) groups excluding carboxylic acids is 1. The van der Waals surface area contributed by atoms with Crippen LogP contribution in [0.2, 0.25) is 0 Å². The largest absolute Gasteiger partial charge is 0.374 e. The van der Waals surface area contributed by atoms with Crippen LogP contribution in [0.15, 0.2) is 6.20 Å². The van der Waals surface area contributed by atoms with Crippen LogP contribution in [0.25, 0.3) is 0 Å². The van der Waals surface area contributed by atoms with Crippen LogP contribution in [0.1, 0.15) is 10.5 Å². The number of aromatic amines is 1. The second-order valence-electron chi connectivity index (χ2n) is 3.25. The highest BCUT2D eigenvalue weighted by Crippen LogP contribution is 2.10. The zero-order chi connectivity index (χ0) is 10.7. The molecule has 1 aromatic rings. The Morgan fingerprint density at radius 2 is 2.67 bits per heavy atom. The van der Waals surface area contributed by atoms with Gasteiger partial charge in [0.1, 0.15) is 0 Å². The molecule has 2 rings (SSSR count). The smallest absolute Gasteiger partial charge is 0.276 e. The molecule has 1 aromatic heterocycles. The van der Waals surface area contributed by atoms with Gasteiger partial charge in [0.25, 0.3) is 5.91 Å². The van der Waals surface area contributed by atoms with Gasteiger partial charge in [-0.2, -0.15) is 15.4 Å². The third kappa shape index (κ3) is 2.35. The highest BCUT2D eigenvalue weighted by molar-refractivity contribution is 9.09. The maximum absolute atomic E-state index is 11.9. The summed E-state index contributed by atoms with van der Waals surface area (Å²) in [4.78, 5) is 13.6. The molecule has 1 N–H and O–H groups in total. The highest BCUT2D eigenvalue weighted by Gasteiger charge is 2.25. The standard InChI is InChI=1S/C8H11BrN4O2/c9-3-6-5-13(1-2-15-6)8(14)7-4-10-12-11-7/h4,6H,1-3,5H2,(H,10,11,12). The van der Waals surface area contributed by atoms with E-state index in [2.05, 4.69) is 31.3 Å². The Labute approximate surface area is 95.1 Å². The topological polar surface area (TPSA) is 71.1 Å². The van der Waals surface area contributed by atoms with E-state index < -0.39 is 0 Å². The van der Waals surface area contributed by atoms with Crippen molar-refractivity contribution in [2.24, 2.45) is 0 Å². The van der Waals surface area contributed by atoms with Crippen LogP contribution in [0.3, 0.4) is 0 Å². The van der Waals surface area contributed by atoms with E-state index in [1.165, 1.54) is 6.20 Å². The molecule has 0 spiro atoms. The second kappa shape index (κ2) is 4.71. The lowest BCUT2D eigenvalue weighted by Crippen LogP contribution is -2.46. The van der Waals surface area contributed by atoms with Crippen LogP contribution >= 0.6 is 15.9 Å². The third-order valence-corrected chi connectivity index (χ3v) is 2.95. The van der Waals surface area contributed by atoms with E-state index in [1.807, 2.05) is 0 Å². The van der Waals surface area contributed by atoms with E-state index in [0.29, 0.717) is 25.4 Å². The number of morpholine rings is 1. The Morgan fingerprint density at radius 1 is 1.80 bits per heavy atom. The number of alkyl halides is 1. The monoisotopic (exact) mass is 274 g/mol. The molecule has 6 nitrogen and oxygen atoms in total. The molecule has 1 fully saturated rings. The zero-order valence-electron chi connectivity index (χ0n) is 8.02. The van der Waals surface area contributed by atoms with E-state index in [1.54, 1.807) is 4.90 Å². The molecule has 1 amide bonds. The highest BCUT2D eigenvalue weighted by atomic mass is 79.9. The summed E-state index contributed by atoms with van der Waals surface area (Å²) in [5.74, 6) is -0.0991. The summed E-state index contributed by atoms with van der Waals surface area (Å²) in [6.07, 6.45) is 1.50. The van der Waals surface area contributed by atoms with Gasteiger partial charge in [-0.05, 0) is 0 Å². The Morgan fingerprint density at radius 3 is 3.33 bits per heavy atom. The van der Waals surface area contributed by atoms with Crippen molar-refractivity contribution >= 4 is 21.8 Å². The molecule has 1 aliphatic heterocycles. The van der Waals surface area contributed by atoms with Gasteiger partial charge >= 0.3 is 0 Å². The van der Waals surface area contributed by atoms with Crippen molar-refractivity contribution in [3.05, 3.63) is 11.9 Å². The molecular formula is C8H11BrN4O2. The lowest BCUT2D eigenvalue weighted by atomic mass is 10.3. The molecule has 0 saturated carbocycles. The van der Waals surface area contributed by atoms with Crippen molar-refractivity contribution in [3.63, 3.8) is 0 Å². The van der Waals surface area contributed by atoms with Crippen LogP contribution in [0.5, 0.6) is 0 Å². The first kappa shape index (κ1) is 10.6. The molecule has 15 heavy (non-hydrogen) atoms. The van der Waals surface area contributed by atoms with Gasteiger partial charge in [0.05, 0.1) is 18.9 Å². The quantitative estimate of drug-likeness (QED) is 0.774. The minimum Gasteiger partial charge on any atom is -0.374 e. The summed E-state index contributed by atoms with van der Waals surface area (Å²) in [5.41, 5.74) is 0.352.